The van der Waals surface area contributed by atoms with Gasteiger partial charge in [0.1, 0.15) is 12.1 Å². The van der Waals surface area contributed by atoms with Crippen LogP contribution < -0.4 is 28.3 Å². The van der Waals surface area contributed by atoms with Crippen LogP contribution in [0.15, 0.2) is 4.99 Å². The summed E-state index contributed by atoms with van der Waals surface area (Å²) in [6, 6.07) is -2.08. The topological polar surface area (TPSA) is 237 Å². The Kier molecular flexibility index (Phi) is 12.5. The van der Waals surface area contributed by atoms with Crippen LogP contribution in [0.2, 0.25) is 0 Å². The largest absolute Gasteiger partial charge is 0.480 e. The number of rotatable bonds is 8. The molecule has 2 amide bonds. The van der Waals surface area contributed by atoms with Crippen molar-refractivity contribution in [3.05, 3.63) is 0 Å². The molecule has 0 aliphatic heterocycles. The highest BCUT2D eigenvalue weighted by Gasteiger charge is 2.16. The van der Waals surface area contributed by atoms with Crippen LogP contribution in [0, 0.1) is 0 Å². The molecule has 12 nitrogen and oxygen atoms in total. The molecule has 0 saturated heterocycles. The van der Waals surface area contributed by atoms with Crippen molar-refractivity contribution in [2.24, 2.45) is 27.9 Å². The van der Waals surface area contributed by atoms with E-state index in [0.29, 0.717) is 19.4 Å². The number of nitrogens with zero attached hydrogens (tertiary/aromatic N) is 1. The Hall–Kier alpha value is -2.73. The second-order valence-electron chi connectivity index (χ2n) is 4.65. The smallest absolute Gasteiger partial charge is 0.321 e. The molecule has 0 aliphatic carbocycles. The number of aliphatic imine (C=N–C) groups is 1. The molecule has 0 rings (SSSR count). The van der Waals surface area contributed by atoms with Crippen molar-refractivity contribution >= 4 is 29.7 Å². The summed E-state index contributed by atoms with van der Waals surface area (Å²) in [5.74, 6) is -3.47. The molecule has 0 fully saturated rings. The zero-order valence-electron chi connectivity index (χ0n) is 13.3. The van der Waals surface area contributed by atoms with Gasteiger partial charge in [-0.2, -0.15) is 0 Å². The van der Waals surface area contributed by atoms with E-state index < -0.39 is 42.3 Å². The summed E-state index contributed by atoms with van der Waals surface area (Å²) in [5.41, 5.74) is 20.3. The molecule has 0 aromatic heterocycles. The molecule has 0 aliphatic rings. The number of hydrogen-bond donors (Lipinski definition) is 7. The lowest BCUT2D eigenvalue weighted by molar-refractivity contribution is -0.141. The van der Waals surface area contributed by atoms with Crippen LogP contribution >= 0.6 is 0 Å². The highest BCUT2D eigenvalue weighted by Crippen LogP contribution is 1.94. The van der Waals surface area contributed by atoms with Crippen molar-refractivity contribution in [3.8, 4) is 0 Å². The van der Waals surface area contributed by atoms with Gasteiger partial charge in [-0.25, -0.2) is 0 Å². The molecule has 0 spiro atoms. The Labute approximate surface area is 138 Å². The van der Waals surface area contributed by atoms with E-state index in [1.165, 1.54) is 0 Å². The molecular weight excluding hydrogens is 324 g/mol. The Balaban J connectivity index is 0. The highest BCUT2D eigenvalue weighted by atomic mass is 16.4. The van der Waals surface area contributed by atoms with Crippen LogP contribution in [0.3, 0.4) is 0 Å². The minimum atomic E-state index is -1.27. The third-order valence-electron chi connectivity index (χ3n) is 2.32. The van der Waals surface area contributed by atoms with Gasteiger partial charge in [0, 0.05) is 13.5 Å². The summed E-state index contributed by atoms with van der Waals surface area (Å²) < 4.78 is 0. The fourth-order valence-corrected chi connectivity index (χ4v) is 1.18. The van der Waals surface area contributed by atoms with Gasteiger partial charge in [0.25, 0.3) is 0 Å². The van der Waals surface area contributed by atoms with Crippen molar-refractivity contribution < 1.29 is 29.4 Å². The number of aliphatic carboxylic acids is 2. The van der Waals surface area contributed by atoms with Gasteiger partial charge in [0.05, 0.1) is 6.42 Å². The number of carboxylic acid groups (broad SMARTS) is 2. The van der Waals surface area contributed by atoms with Gasteiger partial charge < -0.3 is 33.1 Å². The second kappa shape index (κ2) is 12.8. The number of carbonyl (C=O) groups is 4. The monoisotopic (exact) mass is 348 g/mol. The molecular formula is C12H24N6O6. The van der Waals surface area contributed by atoms with Crippen molar-refractivity contribution in [1.82, 2.24) is 5.32 Å². The molecule has 0 heterocycles. The summed E-state index contributed by atoms with van der Waals surface area (Å²) >= 11 is 0. The molecule has 138 valence electrons. The number of carbonyl (C=O) groups excluding carboxylic acids is 2. The van der Waals surface area contributed by atoms with Gasteiger partial charge in [-0.3, -0.25) is 29.5 Å². The number of nitrogens with two attached hydrogens (primary N) is 4. The summed E-state index contributed by atoms with van der Waals surface area (Å²) in [7, 11) is 0. The molecule has 0 saturated carbocycles. The van der Waals surface area contributed by atoms with E-state index in [2.05, 4.69) is 4.99 Å². The molecule has 24 heavy (non-hydrogen) atoms. The third-order valence-corrected chi connectivity index (χ3v) is 2.32. The summed E-state index contributed by atoms with van der Waals surface area (Å²) in [4.78, 5) is 45.0. The minimum absolute atomic E-state index is 0.0129. The predicted molar refractivity (Wildman–Crippen MR) is 84.6 cm³/mol. The molecule has 11 N–H and O–H groups in total. The Bertz CT molecular complexity index is 477. The molecule has 0 radical (unpaired) electrons. The maximum Gasteiger partial charge on any atom is 0.321 e. The molecule has 2 unspecified atom stereocenters. The third kappa shape index (κ3) is 15.7. The number of guanidine groups is 1. The second-order valence-corrected chi connectivity index (χ2v) is 4.65. The fourth-order valence-electron chi connectivity index (χ4n) is 1.18. The maximum atomic E-state index is 10.7. The van der Waals surface area contributed by atoms with E-state index in [1.807, 2.05) is 5.32 Å². The average molecular weight is 348 g/mol. The first-order valence-electron chi connectivity index (χ1n) is 6.79. The van der Waals surface area contributed by atoms with Crippen molar-refractivity contribution in [3.63, 3.8) is 0 Å². The average Bonchev–Trinajstić information content (AvgIpc) is 2.42. The fraction of sp³-hybridized carbons (Fsp3) is 0.583. The quantitative estimate of drug-likeness (QED) is 0.132. The lowest BCUT2D eigenvalue weighted by atomic mass is 10.2. The Morgan fingerprint density at radius 2 is 1.54 bits per heavy atom. The van der Waals surface area contributed by atoms with Gasteiger partial charge in [-0.15, -0.1) is 0 Å². The van der Waals surface area contributed by atoms with Gasteiger partial charge in [-0.1, -0.05) is 0 Å². The number of imide groups is 1. The van der Waals surface area contributed by atoms with Gasteiger partial charge in [0.2, 0.25) is 11.8 Å². The zero-order valence-corrected chi connectivity index (χ0v) is 13.3. The maximum absolute atomic E-state index is 10.7. The van der Waals surface area contributed by atoms with Crippen molar-refractivity contribution in [1.29, 1.82) is 0 Å². The Morgan fingerprint density at radius 3 is 1.92 bits per heavy atom. The lowest BCUT2D eigenvalue weighted by Crippen LogP contribution is -2.38. The summed E-state index contributed by atoms with van der Waals surface area (Å²) in [6.45, 7) is 1.58. The van der Waals surface area contributed by atoms with E-state index >= 15 is 0 Å². The van der Waals surface area contributed by atoms with Crippen LogP contribution in [0.4, 0.5) is 0 Å². The molecule has 12 heteroatoms. The van der Waals surface area contributed by atoms with E-state index in [-0.39, 0.29) is 5.96 Å². The molecule has 0 aromatic rings. The first-order chi connectivity index (χ1) is 11.0. The van der Waals surface area contributed by atoms with Crippen molar-refractivity contribution in [2.75, 3.05) is 6.54 Å². The summed E-state index contributed by atoms with van der Waals surface area (Å²) in [6.07, 6.45) is 0.562. The molecule has 0 bridgehead atoms. The Morgan fingerprint density at radius 1 is 1.04 bits per heavy atom. The van der Waals surface area contributed by atoms with Gasteiger partial charge in [0.15, 0.2) is 5.96 Å². The summed E-state index contributed by atoms with van der Waals surface area (Å²) in [5, 5.41) is 18.6. The first kappa shape index (κ1) is 23.5. The number of carboxylic acids is 2. The van der Waals surface area contributed by atoms with E-state index in [1.54, 1.807) is 0 Å². The molecule has 2 atom stereocenters. The standard InChI is InChI=1S/C6H14N4O2.C6H10N2O4/c7-4(5(11)12)2-1-3-10-6(8)9;1-3(9)8-5(10)2-4(7)6(11)12/h4H,1-3,7H2,(H,11,12)(H4,8,9,10);4H,2,7H2,1H3,(H,11,12)(H,8,9,10). The number of hydrogen-bond acceptors (Lipinski definition) is 7. The van der Waals surface area contributed by atoms with Gasteiger partial charge in [-0.05, 0) is 12.8 Å². The van der Waals surface area contributed by atoms with Crippen LogP contribution in [-0.4, -0.2) is 58.6 Å². The predicted octanol–water partition coefficient (Wildman–Crippen LogP) is -3.10. The zero-order chi connectivity index (χ0) is 19.3. The number of nitrogens with one attached hydrogen (secondary N) is 1. The highest BCUT2D eigenvalue weighted by molar-refractivity contribution is 5.95. The van der Waals surface area contributed by atoms with E-state index in [9.17, 15) is 19.2 Å². The van der Waals surface area contributed by atoms with E-state index in [4.69, 9.17) is 33.1 Å². The minimum Gasteiger partial charge on any atom is -0.480 e. The van der Waals surface area contributed by atoms with Crippen molar-refractivity contribution in [2.45, 2.75) is 38.3 Å². The van der Waals surface area contributed by atoms with Crippen LogP contribution in [-0.2, 0) is 19.2 Å². The lowest BCUT2D eigenvalue weighted by Gasteiger charge is -2.04. The van der Waals surface area contributed by atoms with Gasteiger partial charge >= 0.3 is 11.9 Å². The normalized spacial score (nSPS) is 12.0. The van der Waals surface area contributed by atoms with Crippen LogP contribution in [0.5, 0.6) is 0 Å². The molecule has 0 aromatic carbocycles. The first-order valence-corrected chi connectivity index (χ1v) is 6.79. The SMILES string of the molecule is CC(=O)NC(=O)CC(N)C(=O)O.NC(N)=NCCCC(N)C(=O)O. The van der Waals surface area contributed by atoms with Crippen LogP contribution in [0.1, 0.15) is 26.2 Å². The van der Waals surface area contributed by atoms with E-state index in [0.717, 1.165) is 6.92 Å². The van der Waals surface area contributed by atoms with Crippen LogP contribution in [0.25, 0.3) is 0 Å². The number of amides is 2.